The number of rotatable bonds is 12. The highest BCUT2D eigenvalue weighted by Crippen LogP contribution is 2.41. The Balaban J connectivity index is 0.0000128. The number of likely N-dealkylation sites (N-methyl/N-ethyl adjacent to an activating group) is 1. The van der Waals surface area contributed by atoms with Gasteiger partial charge in [0.2, 0.25) is 0 Å². The van der Waals surface area contributed by atoms with Gasteiger partial charge in [-0.2, -0.15) is 0 Å². The fourth-order valence-electron chi connectivity index (χ4n) is 9.17. The van der Waals surface area contributed by atoms with Crippen molar-refractivity contribution >= 4 is 23.7 Å². The number of carbonyl (C=O) groups excluding carboxylic acids is 4. The Labute approximate surface area is 361 Å². The van der Waals surface area contributed by atoms with Crippen LogP contribution in [0.1, 0.15) is 115 Å². The molecule has 0 unspecified atom stereocenters. The third-order valence-corrected chi connectivity index (χ3v) is 12.9. The van der Waals surface area contributed by atoms with E-state index in [0.717, 1.165) is 0 Å². The van der Waals surface area contributed by atoms with Crippen LogP contribution in [0.15, 0.2) is 0 Å². The van der Waals surface area contributed by atoms with Crippen LogP contribution in [-0.4, -0.2) is 167 Å². The Kier molecular flexibility index (Phi) is 20.2. The first-order valence-electron chi connectivity index (χ1n) is 21.5. The van der Waals surface area contributed by atoms with Crippen molar-refractivity contribution in [3.05, 3.63) is 0 Å². The van der Waals surface area contributed by atoms with E-state index in [2.05, 4.69) is 0 Å². The predicted octanol–water partition coefficient (Wildman–Crippen LogP) is 1.86. The Morgan fingerprint density at radius 2 is 1.46 bits per heavy atom. The number of aliphatic hydroxyl groups excluding tert-OH is 2. The maximum Gasteiger partial charge on any atom is 0.311 e. The fourth-order valence-corrected chi connectivity index (χ4v) is 9.17. The number of hydrogen-bond donors (Lipinski definition) is 4. The molecule has 0 aromatic heterocycles. The minimum atomic E-state index is -2.04. The van der Waals surface area contributed by atoms with Crippen LogP contribution in [0.25, 0.3) is 0 Å². The molecule has 0 aromatic carbocycles. The van der Waals surface area contributed by atoms with Crippen LogP contribution in [0, 0.1) is 23.7 Å². The molecule has 0 spiro atoms. The number of methoxy groups -OCH3 is 1. The zero-order valence-electron chi connectivity index (χ0n) is 38.7. The molecule has 3 heterocycles. The first-order chi connectivity index (χ1) is 27.8. The number of ether oxygens (including phenoxy) is 8. The zero-order valence-corrected chi connectivity index (χ0v) is 38.7. The van der Waals surface area contributed by atoms with Crippen molar-refractivity contribution in [1.29, 1.82) is 0 Å². The topological polar surface area (TPSA) is 258 Å². The summed E-state index contributed by atoms with van der Waals surface area (Å²) in [6.07, 6.45) is -11.1. The highest BCUT2D eigenvalue weighted by atomic mass is 16.7. The van der Waals surface area contributed by atoms with Crippen LogP contribution in [0.3, 0.4) is 0 Å². The van der Waals surface area contributed by atoms with Crippen LogP contribution in [0.2, 0.25) is 0 Å². The number of hydrogen-bond acceptors (Lipinski definition) is 17. The van der Waals surface area contributed by atoms with Gasteiger partial charge in [-0.05, 0) is 81.8 Å². The number of nitrogens with zero attached hydrogens (tertiary/aromatic N) is 1. The van der Waals surface area contributed by atoms with Crippen molar-refractivity contribution in [2.45, 2.75) is 199 Å². The molecular weight excluding hydrogens is 802 g/mol. The second-order valence-corrected chi connectivity index (χ2v) is 18.2. The standard InChI is InChI=1S/C43H75NO16.H2O/c1-15-29-43(11,52)36(48)24(5)33(47)22(3)20-41(9,51)38(25(6)34(26(7)39(50)57-29)59-32-21-42(10,53-14)37(49)27(8)56-32)60-40-35(28(44(12)13)19-23(4)55-40)58-31(46)18-17-30(45)54-16-2;/h22-29,32,34-38,40,48-49,51-52H,15-21H2,1-14H3;1H2/t22-,23-,24+,25+,26-,27+,28+,29-,32+,34+,35-,36-,37+,38-,40+,41-,42-,43-;/m1./s1. The van der Waals surface area contributed by atoms with E-state index < -0.39 is 132 Å². The summed E-state index contributed by atoms with van der Waals surface area (Å²) in [6, 6.07) is -0.443. The van der Waals surface area contributed by atoms with Crippen molar-refractivity contribution in [1.82, 2.24) is 4.90 Å². The average Bonchev–Trinajstić information content (AvgIpc) is 3.17. The quantitative estimate of drug-likeness (QED) is 0.161. The van der Waals surface area contributed by atoms with Crippen molar-refractivity contribution < 1.29 is 83.0 Å². The molecular formula is C43H77NO17. The van der Waals surface area contributed by atoms with Crippen molar-refractivity contribution in [3.63, 3.8) is 0 Å². The summed E-state index contributed by atoms with van der Waals surface area (Å²) in [5.74, 6) is -6.64. The Morgan fingerprint density at radius 1 is 0.852 bits per heavy atom. The van der Waals surface area contributed by atoms with Crippen LogP contribution in [0.5, 0.6) is 0 Å². The maximum absolute atomic E-state index is 14.3. The summed E-state index contributed by atoms with van der Waals surface area (Å²) in [5.41, 5.74) is -5.06. The average molecular weight is 880 g/mol. The number of ketones is 1. The lowest BCUT2D eigenvalue weighted by atomic mass is 9.74. The van der Waals surface area contributed by atoms with Crippen molar-refractivity contribution in [3.8, 4) is 0 Å². The Bertz CT molecular complexity index is 1440. The van der Waals surface area contributed by atoms with Crippen LogP contribution >= 0.6 is 0 Å². The molecule has 0 aromatic rings. The van der Waals surface area contributed by atoms with Crippen LogP contribution in [0.4, 0.5) is 0 Å². The molecule has 0 saturated carbocycles. The van der Waals surface area contributed by atoms with E-state index in [9.17, 15) is 39.6 Å². The minimum absolute atomic E-state index is 0. The highest BCUT2D eigenvalue weighted by molar-refractivity contribution is 5.83. The molecule has 18 nitrogen and oxygen atoms in total. The number of aliphatic hydroxyl groups is 4. The molecule has 6 N–H and O–H groups in total. The van der Waals surface area contributed by atoms with Gasteiger partial charge in [-0.3, -0.25) is 19.2 Å². The van der Waals surface area contributed by atoms with E-state index in [1.54, 1.807) is 48.5 Å². The summed E-state index contributed by atoms with van der Waals surface area (Å²) in [7, 11) is 5.09. The van der Waals surface area contributed by atoms with Crippen LogP contribution in [-0.2, 0) is 57.1 Å². The van der Waals surface area contributed by atoms with Gasteiger partial charge in [0.1, 0.15) is 23.6 Å². The molecule has 3 saturated heterocycles. The van der Waals surface area contributed by atoms with Crippen molar-refractivity contribution in [2.75, 3.05) is 27.8 Å². The lowest BCUT2D eigenvalue weighted by Crippen LogP contribution is -2.61. The summed E-state index contributed by atoms with van der Waals surface area (Å²) < 4.78 is 48.8. The van der Waals surface area contributed by atoms with E-state index in [-0.39, 0.29) is 44.2 Å². The maximum atomic E-state index is 14.3. The van der Waals surface area contributed by atoms with Gasteiger partial charge < -0.3 is 68.7 Å². The minimum Gasteiger partial charge on any atom is -0.466 e. The number of Topliss-reactive ketones (excluding diaryl/α,β-unsaturated/α-hetero) is 1. The summed E-state index contributed by atoms with van der Waals surface area (Å²) in [6.45, 7) is 17.9. The van der Waals surface area contributed by atoms with E-state index in [4.69, 9.17) is 37.9 Å². The SMILES string of the molecule is CCOC(=O)CCC(=O)O[C@H]1[C@H](O[C@@H]2[C@@H](C)[C@H](O[C@H]3C[C@@](C)(OC)[C@@H](O)[C@H](C)O3)[C@@H](C)C(=O)O[C@H](CC)[C@@](C)(O)[C@H](O)[C@@H](C)C(=O)[C@H](C)C[C@@]2(C)O)O[C@H](C)C[C@@H]1N(C)C.O. The molecule has 0 radical (unpaired) electrons. The molecule has 3 rings (SSSR count). The molecule has 18 heteroatoms. The van der Waals surface area contributed by atoms with Gasteiger partial charge in [0, 0.05) is 31.3 Å². The molecule has 356 valence electrons. The van der Waals surface area contributed by atoms with Gasteiger partial charge in [0.05, 0.1) is 73.1 Å². The van der Waals surface area contributed by atoms with Gasteiger partial charge in [0.15, 0.2) is 18.7 Å². The Hall–Kier alpha value is -2.36. The van der Waals surface area contributed by atoms with Gasteiger partial charge in [-0.1, -0.05) is 27.7 Å². The molecule has 0 aliphatic carbocycles. The summed E-state index contributed by atoms with van der Waals surface area (Å²) in [5, 5.41) is 46.8. The first-order valence-corrected chi connectivity index (χ1v) is 21.5. The molecule has 61 heavy (non-hydrogen) atoms. The normalized spacial score (nSPS) is 43.1. The molecule has 3 fully saturated rings. The number of esters is 3. The summed E-state index contributed by atoms with van der Waals surface area (Å²) >= 11 is 0. The third kappa shape index (κ3) is 13.1. The smallest absolute Gasteiger partial charge is 0.311 e. The zero-order chi connectivity index (χ0) is 45.7. The number of carbonyl (C=O) groups is 4. The molecule has 18 atom stereocenters. The van der Waals surface area contributed by atoms with Crippen LogP contribution < -0.4 is 0 Å². The van der Waals surface area contributed by atoms with Gasteiger partial charge in [-0.15, -0.1) is 0 Å². The lowest BCUT2D eigenvalue weighted by molar-refractivity contribution is -0.319. The third-order valence-electron chi connectivity index (χ3n) is 12.9. The lowest BCUT2D eigenvalue weighted by Gasteiger charge is -2.49. The second kappa shape index (κ2) is 22.5. The van der Waals surface area contributed by atoms with E-state index in [1.807, 2.05) is 25.9 Å². The van der Waals surface area contributed by atoms with Crippen molar-refractivity contribution in [2.24, 2.45) is 23.7 Å². The Morgan fingerprint density at radius 3 is 2.02 bits per heavy atom. The summed E-state index contributed by atoms with van der Waals surface area (Å²) in [4.78, 5) is 55.6. The predicted molar refractivity (Wildman–Crippen MR) is 220 cm³/mol. The van der Waals surface area contributed by atoms with Gasteiger partial charge in [0.25, 0.3) is 0 Å². The highest BCUT2D eigenvalue weighted by Gasteiger charge is 2.54. The van der Waals surface area contributed by atoms with E-state index >= 15 is 0 Å². The van der Waals surface area contributed by atoms with Gasteiger partial charge in [-0.25, -0.2) is 0 Å². The molecule has 0 amide bonds. The van der Waals surface area contributed by atoms with Gasteiger partial charge >= 0.3 is 17.9 Å². The number of cyclic esters (lactones) is 1. The monoisotopic (exact) mass is 880 g/mol. The molecule has 3 aliphatic heterocycles. The van der Waals surface area contributed by atoms with E-state index in [0.29, 0.717) is 6.42 Å². The van der Waals surface area contributed by atoms with E-state index in [1.165, 1.54) is 27.9 Å². The molecule has 0 bridgehead atoms. The molecule has 3 aliphatic rings. The second-order valence-electron chi connectivity index (χ2n) is 18.2. The fraction of sp³-hybridized carbons (Fsp3) is 0.907. The first kappa shape index (κ1) is 54.8. The largest absolute Gasteiger partial charge is 0.466 e.